The third-order valence-corrected chi connectivity index (χ3v) is 1.43. The Kier molecular flexibility index (Phi) is 1.95. The second-order valence-electron chi connectivity index (χ2n) is 2.35. The average Bonchev–Trinajstić information content (AvgIpc) is 1.99. The smallest absolute Gasteiger partial charge is 0.273 e. The first kappa shape index (κ1) is 8.45. The molecule has 1 aromatic rings. The van der Waals surface area contributed by atoms with Crippen molar-refractivity contribution in [1.29, 1.82) is 0 Å². The fourth-order valence-corrected chi connectivity index (χ4v) is 0.838. The van der Waals surface area contributed by atoms with Crippen molar-refractivity contribution in [3.05, 3.63) is 33.6 Å². The van der Waals surface area contributed by atoms with Gasteiger partial charge in [-0.05, 0) is 12.5 Å². The van der Waals surface area contributed by atoms with Crippen molar-refractivity contribution in [2.75, 3.05) is 0 Å². The van der Waals surface area contributed by atoms with Crippen molar-refractivity contribution in [3.8, 4) is 5.75 Å². The quantitative estimate of drug-likeness (QED) is 0.517. The van der Waals surface area contributed by atoms with Crippen LogP contribution in [0.15, 0.2) is 12.1 Å². The number of nitro groups is 1. The van der Waals surface area contributed by atoms with Crippen molar-refractivity contribution in [1.82, 2.24) is 0 Å². The van der Waals surface area contributed by atoms with E-state index in [1.807, 2.05) is 0 Å². The summed E-state index contributed by atoms with van der Waals surface area (Å²) in [6, 6.07) is 1.84. The van der Waals surface area contributed by atoms with E-state index in [0.717, 1.165) is 12.1 Å². The number of hydrogen-bond donors (Lipinski definition) is 1. The van der Waals surface area contributed by atoms with Gasteiger partial charge in [0.15, 0.2) is 11.6 Å². The maximum atomic E-state index is 12.7. The molecule has 0 aliphatic heterocycles. The molecule has 0 aliphatic rings. The van der Waals surface area contributed by atoms with Gasteiger partial charge < -0.3 is 5.11 Å². The second-order valence-corrected chi connectivity index (χ2v) is 2.35. The molecule has 0 saturated heterocycles. The Morgan fingerprint density at radius 2 is 2.17 bits per heavy atom. The van der Waals surface area contributed by atoms with Crippen LogP contribution in [0.1, 0.15) is 5.56 Å². The number of aryl methyl sites for hydroxylation is 1. The van der Waals surface area contributed by atoms with Gasteiger partial charge in [-0.25, -0.2) is 4.39 Å². The summed E-state index contributed by atoms with van der Waals surface area (Å²) in [4.78, 5) is 9.50. The number of nitro benzene ring substituents is 1. The Balaban J connectivity index is 3.31. The van der Waals surface area contributed by atoms with E-state index in [1.165, 1.54) is 6.92 Å². The number of halogens is 1. The van der Waals surface area contributed by atoms with Crippen LogP contribution in [0.3, 0.4) is 0 Å². The Morgan fingerprint density at radius 3 is 2.58 bits per heavy atom. The number of phenols is 1. The lowest BCUT2D eigenvalue weighted by Gasteiger charge is -1.98. The first-order valence-corrected chi connectivity index (χ1v) is 3.16. The molecule has 12 heavy (non-hydrogen) atoms. The van der Waals surface area contributed by atoms with Crippen LogP contribution in [-0.4, -0.2) is 10.0 Å². The molecule has 1 rings (SSSR count). The SMILES string of the molecule is Cc1cc([N+](=O)[O-])cc(O)c1F. The summed E-state index contributed by atoms with van der Waals surface area (Å²) in [7, 11) is 0. The predicted octanol–water partition coefficient (Wildman–Crippen LogP) is 1.75. The van der Waals surface area contributed by atoms with Crippen molar-refractivity contribution in [2.24, 2.45) is 0 Å². The van der Waals surface area contributed by atoms with Crippen molar-refractivity contribution < 1.29 is 14.4 Å². The van der Waals surface area contributed by atoms with Gasteiger partial charge in [0.05, 0.1) is 11.0 Å². The molecule has 1 N–H and O–H groups in total. The second kappa shape index (κ2) is 2.77. The van der Waals surface area contributed by atoms with E-state index in [9.17, 15) is 14.5 Å². The third kappa shape index (κ3) is 1.34. The molecular formula is C7H6FNO3. The number of nitrogens with zero attached hydrogens (tertiary/aromatic N) is 1. The minimum Gasteiger partial charge on any atom is -0.505 e. The van der Waals surface area contributed by atoms with Crippen LogP contribution in [-0.2, 0) is 0 Å². The van der Waals surface area contributed by atoms with E-state index in [-0.39, 0.29) is 11.3 Å². The average molecular weight is 171 g/mol. The number of phenolic OH excluding ortho intramolecular Hbond substituents is 1. The fourth-order valence-electron chi connectivity index (χ4n) is 0.838. The molecule has 0 spiro atoms. The minimum atomic E-state index is -0.819. The van der Waals surface area contributed by atoms with E-state index in [2.05, 4.69) is 0 Å². The highest BCUT2D eigenvalue weighted by atomic mass is 19.1. The molecule has 0 radical (unpaired) electrons. The Hall–Kier alpha value is -1.65. The molecule has 0 aliphatic carbocycles. The molecule has 0 atom stereocenters. The van der Waals surface area contributed by atoms with Crippen LogP contribution in [0.25, 0.3) is 0 Å². The minimum absolute atomic E-state index is 0.0571. The number of aromatic hydroxyl groups is 1. The highest BCUT2D eigenvalue weighted by Crippen LogP contribution is 2.25. The Bertz CT molecular complexity index is 314. The van der Waals surface area contributed by atoms with E-state index >= 15 is 0 Å². The molecule has 1 aromatic carbocycles. The summed E-state index contributed by atoms with van der Waals surface area (Å²) in [6.07, 6.45) is 0. The van der Waals surface area contributed by atoms with Gasteiger partial charge in [0.25, 0.3) is 5.69 Å². The van der Waals surface area contributed by atoms with Crippen LogP contribution in [0.5, 0.6) is 5.75 Å². The third-order valence-electron chi connectivity index (χ3n) is 1.43. The molecule has 0 heterocycles. The summed E-state index contributed by atoms with van der Waals surface area (Å²) in [5, 5.41) is 19.0. The first-order valence-electron chi connectivity index (χ1n) is 3.16. The number of hydrogen-bond acceptors (Lipinski definition) is 3. The van der Waals surface area contributed by atoms with Gasteiger partial charge in [0, 0.05) is 6.07 Å². The summed E-state index contributed by atoms with van der Waals surface area (Å²) in [5.74, 6) is -1.51. The zero-order valence-electron chi connectivity index (χ0n) is 6.24. The van der Waals surface area contributed by atoms with Gasteiger partial charge >= 0.3 is 0 Å². The predicted molar refractivity (Wildman–Crippen MR) is 39.5 cm³/mol. The van der Waals surface area contributed by atoms with Gasteiger partial charge in [-0.3, -0.25) is 10.1 Å². The zero-order valence-corrected chi connectivity index (χ0v) is 6.24. The van der Waals surface area contributed by atoms with E-state index in [0.29, 0.717) is 0 Å². The van der Waals surface area contributed by atoms with Crippen molar-refractivity contribution in [3.63, 3.8) is 0 Å². The van der Waals surface area contributed by atoms with Gasteiger partial charge in [-0.15, -0.1) is 0 Å². The molecule has 0 fully saturated rings. The van der Waals surface area contributed by atoms with Gasteiger partial charge in [0.2, 0.25) is 0 Å². The molecule has 64 valence electrons. The number of non-ortho nitro benzene ring substituents is 1. The molecule has 0 unspecified atom stereocenters. The summed E-state index contributed by atoms with van der Waals surface area (Å²) < 4.78 is 12.7. The summed E-state index contributed by atoms with van der Waals surface area (Å²) in [5.41, 5.74) is -0.256. The van der Waals surface area contributed by atoms with Crippen LogP contribution in [0, 0.1) is 22.9 Å². The lowest BCUT2D eigenvalue weighted by atomic mass is 10.2. The van der Waals surface area contributed by atoms with Crippen LogP contribution in [0.4, 0.5) is 10.1 Å². The van der Waals surface area contributed by atoms with E-state index in [4.69, 9.17) is 5.11 Å². The lowest BCUT2D eigenvalue weighted by molar-refractivity contribution is -0.385. The van der Waals surface area contributed by atoms with E-state index < -0.39 is 16.5 Å². The van der Waals surface area contributed by atoms with Crippen LogP contribution in [0.2, 0.25) is 0 Å². The molecule has 4 nitrogen and oxygen atoms in total. The molecule has 0 aromatic heterocycles. The maximum Gasteiger partial charge on any atom is 0.273 e. The summed E-state index contributed by atoms with van der Waals surface area (Å²) >= 11 is 0. The largest absolute Gasteiger partial charge is 0.505 e. The maximum absolute atomic E-state index is 12.7. The summed E-state index contributed by atoms with van der Waals surface area (Å²) in [6.45, 7) is 1.35. The van der Waals surface area contributed by atoms with Gasteiger partial charge in [-0.1, -0.05) is 0 Å². The van der Waals surface area contributed by atoms with Crippen molar-refractivity contribution in [2.45, 2.75) is 6.92 Å². The van der Waals surface area contributed by atoms with Crippen molar-refractivity contribution >= 4 is 5.69 Å². The fraction of sp³-hybridized carbons (Fsp3) is 0.143. The number of rotatable bonds is 1. The Morgan fingerprint density at radius 1 is 1.58 bits per heavy atom. The highest BCUT2D eigenvalue weighted by Gasteiger charge is 2.12. The lowest BCUT2D eigenvalue weighted by Crippen LogP contribution is -1.91. The van der Waals surface area contributed by atoms with E-state index in [1.54, 1.807) is 0 Å². The van der Waals surface area contributed by atoms with Crippen LogP contribution < -0.4 is 0 Å². The standard InChI is InChI=1S/C7H6FNO3/c1-4-2-5(9(11)12)3-6(10)7(4)8/h2-3,10H,1H3. The monoisotopic (exact) mass is 171 g/mol. The molecule has 0 bridgehead atoms. The molecular weight excluding hydrogens is 165 g/mol. The van der Waals surface area contributed by atoms with Crippen LogP contribution >= 0.6 is 0 Å². The molecule has 0 saturated carbocycles. The van der Waals surface area contributed by atoms with Gasteiger partial charge in [0.1, 0.15) is 0 Å². The Labute approximate surface area is 67.4 Å². The van der Waals surface area contributed by atoms with Gasteiger partial charge in [-0.2, -0.15) is 0 Å². The normalized spacial score (nSPS) is 9.83. The topological polar surface area (TPSA) is 63.4 Å². The first-order chi connectivity index (χ1) is 5.52. The highest BCUT2D eigenvalue weighted by molar-refractivity contribution is 5.42. The molecule has 0 amide bonds. The molecule has 5 heteroatoms. The number of benzene rings is 1. The zero-order chi connectivity index (χ0) is 9.30.